The fraction of sp³-hybridized carbons (Fsp3) is 0.357. The number of carbonyl (C=O) groups excluding carboxylic acids is 2. The molecule has 38 heavy (non-hydrogen) atoms. The van der Waals surface area contributed by atoms with Crippen molar-refractivity contribution in [2.75, 3.05) is 11.9 Å². The predicted octanol–water partition coefficient (Wildman–Crippen LogP) is 5.95. The van der Waals surface area contributed by atoms with E-state index in [1.165, 1.54) is 30.7 Å². The van der Waals surface area contributed by atoms with Crippen molar-refractivity contribution in [2.24, 2.45) is 5.92 Å². The van der Waals surface area contributed by atoms with Crippen molar-refractivity contribution in [1.82, 2.24) is 10.5 Å². The summed E-state index contributed by atoms with van der Waals surface area (Å²) in [7, 11) is 0. The molecule has 1 aliphatic carbocycles. The number of rotatable bonds is 9. The van der Waals surface area contributed by atoms with Crippen molar-refractivity contribution in [2.45, 2.75) is 51.4 Å². The highest BCUT2D eigenvalue weighted by Crippen LogP contribution is 2.37. The van der Waals surface area contributed by atoms with Crippen LogP contribution in [-0.2, 0) is 9.59 Å². The van der Waals surface area contributed by atoms with Gasteiger partial charge in [0.2, 0.25) is 5.91 Å². The molecule has 0 saturated heterocycles. The average Bonchev–Trinajstić information content (AvgIpc) is 3.25. The Morgan fingerprint density at radius 1 is 1.11 bits per heavy atom. The number of carbonyl (C=O) groups is 3. The lowest BCUT2D eigenvalue weighted by Gasteiger charge is -2.28. The van der Waals surface area contributed by atoms with Gasteiger partial charge in [-0.2, -0.15) is 0 Å². The summed E-state index contributed by atoms with van der Waals surface area (Å²) in [5.74, 6) is -1.34. The van der Waals surface area contributed by atoms with Gasteiger partial charge < -0.3 is 20.3 Å². The van der Waals surface area contributed by atoms with E-state index < -0.39 is 17.7 Å². The van der Waals surface area contributed by atoms with E-state index in [0.29, 0.717) is 11.6 Å². The number of aromatic nitrogens is 1. The molecule has 2 amide bonds. The van der Waals surface area contributed by atoms with Gasteiger partial charge in [-0.1, -0.05) is 35.0 Å². The molecule has 4 rings (SSSR count). The maximum atomic E-state index is 14.4. The zero-order valence-corrected chi connectivity index (χ0v) is 21.7. The second kappa shape index (κ2) is 12.2. The number of hydrogen-bond acceptors (Lipinski definition) is 5. The number of carboxylic acid groups (broad SMARTS) is 1. The van der Waals surface area contributed by atoms with Crippen molar-refractivity contribution < 1.29 is 28.4 Å². The first kappa shape index (κ1) is 27.3. The summed E-state index contributed by atoms with van der Waals surface area (Å²) in [5, 5.41) is 18.4. The van der Waals surface area contributed by atoms with Crippen LogP contribution in [0.2, 0.25) is 5.02 Å². The van der Waals surface area contributed by atoms with Gasteiger partial charge in [-0.05, 0) is 74.3 Å². The molecule has 1 aliphatic rings. The van der Waals surface area contributed by atoms with Gasteiger partial charge in [0.1, 0.15) is 22.8 Å². The third-order valence-electron chi connectivity index (χ3n) is 6.90. The Labute approximate surface area is 224 Å². The zero-order chi connectivity index (χ0) is 27.2. The van der Waals surface area contributed by atoms with E-state index >= 15 is 0 Å². The number of nitrogens with zero attached hydrogens (tertiary/aromatic N) is 1. The minimum absolute atomic E-state index is 0.00279. The van der Waals surface area contributed by atoms with E-state index in [2.05, 4.69) is 15.8 Å². The molecule has 10 heteroatoms. The molecule has 0 bridgehead atoms. The topological polar surface area (TPSA) is 122 Å². The summed E-state index contributed by atoms with van der Waals surface area (Å²) >= 11 is 6.12. The van der Waals surface area contributed by atoms with Gasteiger partial charge in [0.05, 0.1) is 10.6 Å². The molecule has 3 N–H and O–H groups in total. The molecule has 0 aliphatic heterocycles. The number of nitrogens with one attached hydrogen (secondary N) is 2. The van der Waals surface area contributed by atoms with E-state index in [4.69, 9.17) is 21.2 Å². The lowest BCUT2D eigenvalue weighted by atomic mass is 9.77. The smallest absolute Gasteiger partial charge is 0.303 e. The van der Waals surface area contributed by atoms with Gasteiger partial charge in [-0.15, -0.1) is 0 Å². The second-order valence-electron chi connectivity index (χ2n) is 9.55. The van der Waals surface area contributed by atoms with Crippen LogP contribution >= 0.6 is 11.6 Å². The maximum Gasteiger partial charge on any atom is 0.303 e. The van der Waals surface area contributed by atoms with Gasteiger partial charge in [0.25, 0.3) is 5.91 Å². The van der Waals surface area contributed by atoms with Gasteiger partial charge in [-0.25, -0.2) is 4.39 Å². The van der Waals surface area contributed by atoms with Gasteiger partial charge in [-0.3, -0.25) is 14.4 Å². The summed E-state index contributed by atoms with van der Waals surface area (Å²) in [5.41, 5.74) is 1.87. The largest absolute Gasteiger partial charge is 0.481 e. The van der Waals surface area contributed by atoms with E-state index in [-0.39, 0.29) is 58.8 Å². The third-order valence-corrected chi connectivity index (χ3v) is 7.22. The molecule has 0 spiro atoms. The van der Waals surface area contributed by atoms with E-state index in [1.807, 2.05) is 24.3 Å². The van der Waals surface area contributed by atoms with Crippen molar-refractivity contribution in [3.05, 3.63) is 70.2 Å². The Morgan fingerprint density at radius 3 is 2.47 bits per heavy atom. The Kier molecular flexibility index (Phi) is 8.78. The normalized spacial score (nSPS) is 17.1. The molecule has 1 fully saturated rings. The van der Waals surface area contributed by atoms with Crippen molar-refractivity contribution >= 4 is 35.1 Å². The SMILES string of the molecule is Cc1onc(-c2c(F)cccc2Cl)c1C(=O)NCCC(=O)Nc1ccc([C@H]2CC[C@H](CC(=O)O)CC2)cc1. The first-order valence-electron chi connectivity index (χ1n) is 12.5. The highest BCUT2D eigenvalue weighted by molar-refractivity contribution is 6.33. The quantitative estimate of drug-likeness (QED) is 0.308. The van der Waals surface area contributed by atoms with Crippen LogP contribution in [0.15, 0.2) is 47.0 Å². The number of amides is 2. The lowest BCUT2D eigenvalue weighted by molar-refractivity contribution is -0.138. The lowest BCUT2D eigenvalue weighted by Crippen LogP contribution is -2.28. The summed E-state index contributed by atoms with van der Waals surface area (Å²) in [6, 6.07) is 11.8. The molecule has 200 valence electrons. The molecule has 8 nitrogen and oxygen atoms in total. The molecular formula is C28H29ClFN3O5. The maximum absolute atomic E-state index is 14.4. The fourth-order valence-corrected chi connectivity index (χ4v) is 5.17. The standard InChI is InChI=1S/C28H29ClFN3O5/c1-16-25(27(33-38-16)26-21(29)3-2-4-22(26)30)28(37)31-14-13-23(34)32-20-11-9-19(10-12-20)18-7-5-17(6-8-18)15-24(35)36/h2-4,9-12,17-18H,5-8,13-15H2,1H3,(H,31,37)(H,32,34)(H,35,36)/t17-,18-. The molecule has 3 aromatic rings. The average molecular weight is 542 g/mol. The first-order valence-corrected chi connectivity index (χ1v) is 12.9. The Hall–Kier alpha value is -3.72. The highest BCUT2D eigenvalue weighted by Gasteiger charge is 2.26. The van der Waals surface area contributed by atoms with Crippen LogP contribution in [0.3, 0.4) is 0 Å². The van der Waals surface area contributed by atoms with Crippen LogP contribution in [0.25, 0.3) is 11.3 Å². The Bertz CT molecular complexity index is 1300. The number of halogens is 2. The van der Waals surface area contributed by atoms with E-state index in [1.54, 1.807) is 0 Å². The highest BCUT2D eigenvalue weighted by atomic mass is 35.5. The fourth-order valence-electron chi connectivity index (χ4n) is 4.92. The number of benzene rings is 2. The Balaban J connectivity index is 1.27. The third kappa shape index (κ3) is 6.58. The molecular weight excluding hydrogens is 513 g/mol. The summed E-state index contributed by atoms with van der Waals surface area (Å²) in [4.78, 5) is 36.2. The summed E-state index contributed by atoms with van der Waals surface area (Å²) in [6.07, 6.45) is 3.99. The first-order chi connectivity index (χ1) is 18.2. The summed E-state index contributed by atoms with van der Waals surface area (Å²) < 4.78 is 19.5. The number of aryl methyl sites for hydroxylation is 1. The second-order valence-corrected chi connectivity index (χ2v) is 9.96. The molecule has 0 radical (unpaired) electrons. The van der Waals surface area contributed by atoms with E-state index in [9.17, 15) is 18.8 Å². The van der Waals surface area contributed by atoms with Crippen LogP contribution in [0.4, 0.5) is 10.1 Å². The van der Waals surface area contributed by atoms with Crippen molar-refractivity contribution in [3.63, 3.8) is 0 Å². The molecule has 1 aromatic heterocycles. The van der Waals surface area contributed by atoms with Gasteiger partial charge >= 0.3 is 5.97 Å². The monoisotopic (exact) mass is 541 g/mol. The number of anilines is 1. The van der Waals surface area contributed by atoms with E-state index in [0.717, 1.165) is 25.7 Å². The molecule has 0 atom stereocenters. The van der Waals surface area contributed by atoms with Crippen LogP contribution in [0.1, 0.15) is 66.1 Å². The van der Waals surface area contributed by atoms with Gasteiger partial charge in [0, 0.05) is 25.1 Å². The molecule has 1 heterocycles. The molecule has 2 aromatic carbocycles. The van der Waals surface area contributed by atoms with Crippen LogP contribution < -0.4 is 10.6 Å². The van der Waals surface area contributed by atoms with Crippen LogP contribution in [-0.4, -0.2) is 34.6 Å². The minimum atomic E-state index is -0.737. The van der Waals surface area contributed by atoms with Gasteiger partial charge in [0.15, 0.2) is 0 Å². The number of carboxylic acids is 1. The predicted molar refractivity (Wildman–Crippen MR) is 141 cm³/mol. The van der Waals surface area contributed by atoms with Crippen molar-refractivity contribution in [3.8, 4) is 11.3 Å². The van der Waals surface area contributed by atoms with Crippen molar-refractivity contribution in [1.29, 1.82) is 0 Å². The number of aliphatic carboxylic acids is 1. The number of hydrogen-bond donors (Lipinski definition) is 3. The molecule has 1 saturated carbocycles. The molecule has 0 unspecified atom stereocenters. The summed E-state index contributed by atoms with van der Waals surface area (Å²) in [6.45, 7) is 1.59. The Morgan fingerprint density at radius 2 is 1.82 bits per heavy atom. The zero-order valence-electron chi connectivity index (χ0n) is 20.9. The van der Waals surface area contributed by atoms with Crippen LogP contribution in [0, 0.1) is 18.7 Å². The van der Waals surface area contributed by atoms with Crippen LogP contribution in [0.5, 0.6) is 0 Å². The minimum Gasteiger partial charge on any atom is -0.481 e.